The van der Waals surface area contributed by atoms with Gasteiger partial charge in [-0.2, -0.15) is 0 Å². The Kier molecular flexibility index (Phi) is 6.55. The Morgan fingerprint density at radius 2 is 1.42 bits per heavy atom. The van der Waals surface area contributed by atoms with Crippen molar-refractivity contribution in [3.8, 4) is 0 Å². The Balaban J connectivity index is 1.78. The van der Waals surface area contributed by atoms with E-state index in [0.29, 0.717) is 19.3 Å². The monoisotopic (exact) mass is 324 g/mol. The average Bonchev–Trinajstić information content (AvgIpc) is 2.60. The summed E-state index contributed by atoms with van der Waals surface area (Å²) < 4.78 is 0. The molecule has 0 atom stereocenters. The van der Waals surface area contributed by atoms with Crippen molar-refractivity contribution in [3.05, 3.63) is 65.7 Å². The zero-order valence-electron chi connectivity index (χ0n) is 14.3. The first-order valence-electron chi connectivity index (χ1n) is 8.17. The first kappa shape index (κ1) is 17.7. The molecule has 0 radical (unpaired) electrons. The van der Waals surface area contributed by atoms with E-state index in [1.165, 1.54) is 0 Å². The fourth-order valence-electron chi connectivity index (χ4n) is 2.36. The smallest absolute Gasteiger partial charge is 0.224 e. The van der Waals surface area contributed by atoms with Crippen LogP contribution in [0, 0.1) is 0 Å². The molecule has 0 aliphatic heterocycles. The van der Waals surface area contributed by atoms with E-state index < -0.39 is 0 Å². The van der Waals surface area contributed by atoms with Crippen LogP contribution in [0.15, 0.2) is 54.6 Å². The molecular formula is C20H24N2O2. The first-order valence-corrected chi connectivity index (χ1v) is 8.17. The van der Waals surface area contributed by atoms with Gasteiger partial charge in [-0.15, -0.1) is 0 Å². The molecule has 0 saturated carbocycles. The lowest BCUT2D eigenvalue weighted by molar-refractivity contribution is -0.128. The maximum atomic E-state index is 12.0. The summed E-state index contributed by atoms with van der Waals surface area (Å²) >= 11 is 0. The molecule has 2 aromatic rings. The largest absolute Gasteiger partial charge is 0.349 e. The van der Waals surface area contributed by atoms with Crippen molar-refractivity contribution in [1.82, 2.24) is 4.90 Å². The van der Waals surface area contributed by atoms with Crippen LogP contribution < -0.4 is 5.32 Å². The van der Waals surface area contributed by atoms with Crippen molar-refractivity contribution in [1.29, 1.82) is 0 Å². The number of carbonyl (C=O) groups is 2. The van der Waals surface area contributed by atoms with Gasteiger partial charge in [0.15, 0.2) is 0 Å². The highest BCUT2D eigenvalue weighted by atomic mass is 16.2. The molecule has 4 heteroatoms. The third-order valence-electron chi connectivity index (χ3n) is 3.85. The van der Waals surface area contributed by atoms with Gasteiger partial charge in [0.05, 0.1) is 0 Å². The summed E-state index contributed by atoms with van der Waals surface area (Å²) in [6, 6.07) is 17.7. The zero-order chi connectivity index (χ0) is 17.4. The van der Waals surface area contributed by atoms with E-state index in [2.05, 4.69) is 5.32 Å². The molecule has 4 nitrogen and oxygen atoms in total. The van der Waals surface area contributed by atoms with Gasteiger partial charge in [-0.05, 0) is 36.1 Å². The van der Waals surface area contributed by atoms with Gasteiger partial charge in [0.25, 0.3) is 0 Å². The Labute approximate surface area is 143 Å². The fourth-order valence-corrected chi connectivity index (χ4v) is 2.36. The van der Waals surface area contributed by atoms with E-state index in [4.69, 9.17) is 0 Å². The molecule has 0 bridgehead atoms. The standard InChI is InChI=1S/C20H24N2O2/c1-22(2)20(24)15-11-17-8-12-18(13-9-17)21-19(23)14-10-16-6-4-3-5-7-16/h3-9,12-13H,10-11,14-15H2,1-2H3,(H,21,23). The van der Waals surface area contributed by atoms with Gasteiger partial charge in [-0.25, -0.2) is 0 Å². The van der Waals surface area contributed by atoms with E-state index in [1.807, 2.05) is 54.6 Å². The summed E-state index contributed by atoms with van der Waals surface area (Å²) in [5.74, 6) is 0.127. The molecule has 24 heavy (non-hydrogen) atoms. The Bertz CT molecular complexity index is 664. The van der Waals surface area contributed by atoms with Gasteiger partial charge in [0, 0.05) is 32.6 Å². The zero-order valence-corrected chi connectivity index (χ0v) is 14.3. The van der Waals surface area contributed by atoms with Gasteiger partial charge >= 0.3 is 0 Å². The summed E-state index contributed by atoms with van der Waals surface area (Å²) in [7, 11) is 3.52. The minimum absolute atomic E-state index is 0.00869. The lowest BCUT2D eigenvalue weighted by Crippen LogP contribution is -2.21. The van der Waals surface area contributed by atoms with Crippen LogP contribution >= 0.6 is 0 Å². The van der Waals surface area contributed by atoms with Crippen molar-refractivity contribution in [2.75, 3.05) is 19.4 Å². The van der Waals surface area contributed by atoms with Crippen molar-refractivity contribution in [3.63, 3.8) is 0 Å². The Hall–Kier alpha value is -2.62. The molecular weight excluding hydrogens is 300 g/mol. The molecule has 0 fully saturated rings. The van der Waals surface area contributed by atoms with Crippen molar-refractivity contribution >= 4 is 17.5 Å². The van der Waals surface area contributed by atoms with Gasteiger partial charge < -0.3 is 10.2 Å². The third kappa shape index (κ3) is 5.88. The van der Waals surface area contributed by atoms with Crippen LogP contribution in [0.2, 0.25) is 0 Å². The number of nitrogens with zero attached hydrogens (tertiary/aromatic N) is 1. The second-order valence-corrected chi connectivity index (χ2v) is 6.02. The number of amides is 2. The van der Waals surface area contributed by atoms with Crippen molar-refractivity contribution in [2.45, 2.75) is 25.7 Å². The van der Waals surface area contributed by atoms with Crippen LogP contribution in [0.1, 0.15) is 24.0 Å². The quantitative estimate of drug-likeness (QED) is 0.850. The maximum Gasteiger partial charge on any atom is 0.224 e. The van der Waals surface area contributed by atoms with Crippen LogP contribution in [0.5, 0.6) is 0 Å². The van der Waals surface area contributed by atoms with Crippen LogP contribution in [-0.2, 0) is 22.4 Å². The highest BCUT2D eigenvalue weighted by Gasteiger charge is 2.06. The molecule has 0 spiro atoms. The number of hydrogen-bond donors (Lipinski definition) is 1. The van der Waals surface area contributed by atoms with Gasteiger partial charge in [-0.1, -0.05) is 42.5 Å². The predicted octanol–water partition coefficient (Wildman–Crippen LogP) is 3.28. The summed E-state index contributed by atoms with van der Waals surface area (Å²) in [6.45, 7) is 0. The second-order valence-electron chi connectivity index (χ2n) is 6.02. The van der Waals surface area contributed by atoms with Gasteiger partial charge in [-0.3, -0.25) is 9.59 Å². The molecule has 126 valence electrons. The number of benzene rings is 2. The molecule has 2 amide bonds. The number of rotatable bonds is 7. The first-order chi connectivity index (χ1) is 11.5. The summed E-state index contributed by atoms with van der Waals surface area (Å²) in [5, 5.41) is 2.91. The SMILES string of the molecule is CN(C)C(=O)CCc1ccc(NC(=O)CCc2ccccc2)cc1. The normalized spacial score (nSPS) is 10.2. The Morgan fingerprint density at radius 3 is 2.04 bits per heavy atom. The van der Waals surface area contributed by atoms with E-state index in [1.54, 1.807) is 19.0 Å². The van der Waals surface area contributed by atoms with E-state index in [-0.39, 0.29) is 11.8 Å². The van der Waals surface area contributed by atoms with Crippen molar-refractivity contribution in [2.24, 2.45) is 0 Å². The van der Waals surface area contributed by atoms with Crippen LogP contribution in [0.25, 0.3) is 0 Å². The Morgan fingerprint density at radius 1 is 0.833 bits per heavy atom. The lowest BCUT2D eigenvalue weighted by atomic mass is 10.1. The molecule has 0 aliphatic carbocycles. The van der Waals surface area contributed by atoms with Crippen LogP contribution in [0.4, 0.5) is 5.69 Å². The molecule has 0 saturated heterocycles. The molecule has 2 aromatic carbocycles. The second kappa shape index (κ2) is 8.87. The number of nitrogens with one attached hydrogen (secondary N) is 1. The third-order valence-corrected chi connectivity index (χ3v) is 3.85. The summed E-state index contributed by atoms with van der Waals surface area (Å²) in [4.78, 5) is 25.2. The fraction of sp³-hybridized carbons (Fsp3) is 0.300. The summed E-state index contributed by atoms with van der Waals surface area (Å²) in [5.41, 5.74) is 3.04. The van der Waals surface area contributed by atoms with Crippen LogP contribution in [0.3, 0.4) is 0 Å². The highest BCUT2D eigenvalue weighted by molar-refractivity contribution is 5.90. The number of aryl methyl sites for hydroxylation is 2. The van der Waals surface area contributed by atoms with Gasteiger partial charge in [0.2, 0.25) is 11.8 Å². The van der Waals surface area contributed by atoms with E-state index >= 15 is 0 Å². The summed E-state index contributed by atoms with van der Waals surface area (Å²) in [6.07, 6.45) is 2.40. The van der Waals surface area contributed by atoms with E-state index in [9.17, 15) is 9.59 Å². The minimum Gasteiger partial charge on any atom is -0.349 e. The minimum atomic E-state index is 0.00869. The van der Waals surface area contributed by atoms with Gasteiger partial charge in [0.1, 0.15) is 0 Å². The number of hydrogen-bond acceptors (Lipinski definition) is 2. The van der Waals surface area contributed by atoms with Crippen LogP contribution in [-0.4, -0.2) is 30.8 Å². The lowest BCUT2D eigenvalue weighted by Gasteiger charge is -2.10. The maximum absolute atomic E-state index is 12.0. The van der Waals surface area contributed by atoms with E-state index in [0.717, 1.165) is 23.2 Å². The molecule has 0 aliphatic rings. The predicted molar refractivity (Wildman–Crippen MR) is 96.8 cm³/mol. The molecule has 1 N–H and O–H groups in total. The topological polar surface area (TPSA) is 49.4 Å². The van der Waals surface area contributed by atoms with Crippen molar-refractivity contribution < 1.29 is 9.59 Å². The molecule has 2 rings (SSSR count). The number of anilines is 1. The number of carbonyl (C=O) groups excluding carboxylic acids is 2. The molecule has 0 heterocycles. The molecule has 0 aromatic heterocycles. The molecule has 0 unspecified atom stereocenters. The highest BCUT2D eigenvalue weighted by Crippen LogP contribution is 2.12. The average molecular weight is 324 g/mol.